The Morgan fingerprint density at radius 1 is 1.43 bits per heavy atom. The number of benzene rings is 1. The normalized spacial score (nSPS) is 26.7. The van der Waals surface area contributed by atoms with Crippen molar-refractivity contribution in [3.63, 3.8) is 0 Å². The van der Waals surface area contributed by atoms with Gasteiger partial charge in [0, 0.05) is 18.0 Å². The van der Waals surface area contributed by atoms with E-state index in [0.717, 1.165) is 6.54 Å². The van der Waals surface area contributed by atoms with Crippen molar-refractivity contribution in [3.05, 3.63) is 35.6 Å². The van der Waals surface area contributed by atoms with E-state index < -0.39 is 0 Å². The average molecular weight is 195 g/mol. The van der Waals surface area contributed by atoms with Crippen molar-refractivity contribution in [1.82, 2.24) is 10.9 Å². The molecule has 1 fully saturated rings. The van der Waals surface area contributed by atoms with Crippen LogP contribution in [0.15, 0.2) is 24.3 Å². The van der Waals surface area contributed by atoms with Gasteiger partial charge in [0.25, 0.3) is 0 Å². The molecule has 2 atom stereocenters. The zero-order valence-corrected chi connectivity index (χ0v) is 7.83. The van der Waals surface area contributed by atoms with Crippen molar-refractivity contribution in [1.29, 1.82) is 0 Å². The van der Waals surface area contributed by atoms with Gasteiger partial charge in [-0.25, -0.2) is 9.82 Å². The molecule has 2 unspecified atom stereocenters. The molecule has 4 heteroatoms. The summed E-state index contributed by atoms with van der Waals surface area (Å²) in [4.78, 5) is 0. The van der Waals surface area contributed by atoms with Gasteiger partial charge in [0.1, 0.15) is 5.82 Å². The first-order valence-electron chi connectivity index (χ1n) is 4.76. The van der Waals surface area contributed by atoms with Crippen LogP contribution in [0.2, 0.25) is 0 Å². The maximum Gasteiger partial charge on any atom is 0.128 e. The van der Waals surface area contributed by atoms with Crippen LogP contribution in [0.5, 0.6) is 0 Å². The molecule has 76 valence electrons. The van der Waals surface area contributed by atoms with E-state index in [1.807, 2.05) is 6.07 Å². The topological polar surface area (TPSA) is 50.1 Å². The molecule has 14 heavy (non-hydrogen) atoms. The molecule has 4 N–H and O–H groups in total. The van der Waals surface area contributed by atoms with Crippen LogP contribution in [-0.4, -0.2) is 13.1 Å². The lowest BCUT2D eigenvalue weighted by molar-refractivity contribution is 0.459. The summed E-state index contributed by atoms with van der Waals surface area (Å²) in [6.45, 7) is 1.34. The second kappa shape index (κ2) is 4.04. The van der Waals surface area contributed by atoms with Crippen LogP contribution in [0.1, 0.15) is 11.6 Å². The fourth-order valence-corrected chi connectivity index (χ4v) is 1.81. The molecule has 0 saturated carbocycles. The maximum atomic E-state index is 13.4. The molecular weight excluding hydrogens is 181 g/mol. The lowest BCUT2D eigenvalue weighted by Crippen LogP contribution is -2.26. The van der Waals surface area contributed by atoms with Crippen molar-refractivity contribution in [2.24, 2.45) is 11.7 Å². The Labute approximate surface area is 82.5 Å². The van der Waals surface area contributed by atoms with Gasteiger partial charge in [-0.1, -0.05) is 18.2 Å². The standard InChI is InChI=1S/C10H14FN3/c11-9-4-2-1-3-8(9)10-7(5-12)6-13-14-10/h1-4,7,10,13-14H,5-6,12H2. The fourth-order valence-electron chi connectivity index (χ4n) is 1.81. The van der Waals surface area contributed by atoms with Gasteiger partial charge in [0.2, 0.25) is 0 Å². The van der Waals surface area contributed by atoms with Gasteiger partial charge in [-0.2, -0.15) is 0 Å². The van der Waals surface area contributed by atoms with Gasteiger partial charge in [0.05, 0.1) is 6.04 Å². The molecule has 0 aliphatic carbocycles. The number of hydrazine groups is 1. The molecule has 1 aromatic rings. The van der Waals surface area contributed by atoms with Gasteiger partial charge in [-0.15, -0.1) is 0 Å². The van der Waals surface area contributed by atoms with Gasteiger partial charge in [-0.3, -0.25) is 5.43 Å². The first-order chi connectivity index (χ1) is 6.83. The predicted molar refractivity (Wildman–Crippen MR) is 52.8 cm³/mol. The van der Waals surface area contributed by atoms with Gasteiger partial charge < -0.3 is 5.73 Å². The van der Waals surface area contributed by atoms with Gasteiger partial charge in [0.15, 0.2) is 0 Å². The van der Waals surface area contributed by atoms with Crippen LogP contribution in [0.25, 0.3) is 0 Å². The summed E-state index contributed by atoms with van der Waals surface area (Å²) in [5.41, 5.74) is 12.3. The monoisotopic (exact) mass is 195 g/mol. The molecule has 2 rings (SSSR count). The minimum Gasteiger partial charge on any atom is -0.330 e. The lowest BCUT2D eigenvalue weighted by atomic mass is 9.95. The van der Waals surface area contributed by atoms with Gasteiger partial charge >= 0.3 is 0 Å². The van der Waals surface area contributed by atoms with Crippen molar-refractivity contribution >= 4 is 0 Å². The molecule has 0 amide bonds. The van der Waals surface area contributed by atoms with E-state index in [1.54, 1.807) is 12.1 Å². The summed E-state index contributed by atoms with van der Waals surface area (Å²) < 4.78 is 13.4. The quantitative estimate of drug-likeness (QED) is 0.646. The van der Waals surface area contributed by atoms with Crippen molar-refractivity contribution in [2.45, 2.75) is 6.04 Å². The highest BCUT2D eigenvalue weighted by atomic mass is 19.1. The number of rotatable bonds is 2. The Hall–Kier alpha value is -0.970. The van der Waals surface area contributed by atoms with E-state index in [0.29, 0.717) is 12.1 Å². The highest BCUT2D eigenvalue weighted by molar-refractivity contribution is 5.22. The third-order valence-corrected chi connectivity index (χ3v) is 2.64. The van der Waals surface area contributed by atoms with Crippen molar-refractivity contribution in [2.75, 3.05) is 13.1 Å². The summed E-state index contributed by atoms with van der Waals surface area (Å²) in [6, 6.07) is 6.79. The van der Waals surface area contributed by atoms with E-state index in [-0.39, 0.29) is 17.8 Å². The largest absolute Gasteiger partial charge is 0.330 e. The Bertz CT molecular complexity index is 316. The molecular formula is C10H14FN3. The predicted octanol–water partition coefficient (Wildman–Crippen LogP) is 0.550. The highest BCUT2D eigenvalue weighted by Gasteiger charge is 2.28. The van der Waals surface area contributed by atoms with Gasteiger partial charge in [-0.05, 0) is 12.6 Å². The molecule has 0 spiro atoms. The zero-order valence-electron chi connectivity index (χ0n) is 7.83. The summed E-state index contributed by atoms with van der Waals surface area (Å²) in [7, 11) is 0. The van der Waals surface area contributed by atoms with Crippen LogP contribution >= 0.6 is 0 Å². The molecule has 0 bridgehead atoms. The minimum atomic E-state index is -0.174. The summed E-state index contributed by atoms with van der Waals surface area (Å²) >= 11 is 0. The van der Waals surface area contributed by atoms with Crippen LogP contribution in [-0.2, 0) is 0 Å². The van der Waals surface area contributed by atoms with E-state index in [2.05, 4.69) is 10.9 Å². The number of hydrogen-bond donors (Lipinski definition) is 3. The Balaban J connectivity index is 2.26. The number of halogens is 1. The maximum absolute atomic E-state index is 13.4. The Kier molecular flexibility index (Phi) is 2.77. The second-order valence-electron chi connectivity index (χ2n) is 3.52. The second-order valence-corrected chi connectivity index (χ2v) is 3.52. The smallest absolute Gasteiger partial charge is 0.128 e. The van der Waals surface area contributed by atoms with E-state index >= 15 is 0 Å². The third-order valence-electron chi connectivity index (χ3n) is 2.64. The molecule has 1 aliphatic rings. The fraction of sp³-hybridized carbons (Fsp3) is 0.400. The summed E-state index contributed by atoms with van der Waals surface area (Å²) in [5.74, 6) is 0.0825. The molecule has 0 radical (unpaired) electrons. The number of hydrogen-bond acceptors (Lipinski definition) is 3. The Morgan fingerprint density at radius 2 is 2.21 bits per heavy atom. The molecule has 1 saturated heterocycles. The highest BCUT2D eigenvalue weighted by Crippen LogP contribution is 2.25. The number of nitrogens with two attached hydrogens (primary N) is 1. The van der Waals surface area contributed by atoms with Crippen molar-refractivity contribution < 1.29 is 4.39 Å². The van der Waals surface area contributed by atoms with E-state index in [1.165, 1.54) is 6.07 Å². The van der Waals surface area contributed by atoms with Crippen LogP contribution in [0, 0.1) is 11.7 Å². The SMILES string of the molecule is NCC1CNNC1c1ccccc1F. The first kappa shape index (κ1) is 9.58. The molecule has 3 nitrogen and oxygen atoms in total. The molecule has 1 aliphatic heterocycles. The molecule has 1 heterocycles. The molecule has 1 aromatic carbocycles. The van der Waals surface area contributed by atoms with E-state index in [9.17, 15) is 4.39 Å². The minimum absolute atomic E-state index is 0.0128. The van der Waals surface area contributed by atoms with E-state index in [4.69, 9.17) is 5.73 Å². The van der Waals surface area contributed by atoms with Crippen LogP contribution in [0.4, 0.5) is 4.39 Å². The van der Waals surface area contributed by atoms with Crippen molar-refractivity contribution in [3.8, 4) is 0 Å². The van der Waals surface area contributed by atoms with Crippen LogP contribution in [0.3, 0.4) is 0 Å². The third kappa shape index (κ3) is 1.64. The summed E-state index contributed by atoms with van der Waals surface area (Å²) in [5, 5.41) is 0. The number of nitrogens with one attached hydrogen (secondary N) is 2. The molecule has 0 aromatic heterocycles. The first-order valence-corrected chi connectivity index (χ1v) is 4.76. The zero-order chi connectivity index (χ0) is 9.97. The Morgan fingerprint density at radius 3 is 2.93 bits per heavy atom. The summed E-state index contributed by atoms with van der Waals surface area (Å²) in [6.07, 6.45) is 0. The van der Waals surface area contributed by atoms with Crippen LogP contribution < -0.4 is 16.6 Å². The lowest BCUT2D eigenvalue weighted by Gasteiger charge is -2.17. The average Bonchev–Trinajstić information content (AvgIpc) is 2.66.